The van der Waals surface area contributed by atoms with Crippen LogP contribution in [-0.4, -0.2) is 12.1 Å². The van der Waals surface area contributed by atoms with Gasteiger partial charge in [-0.15, -0.1) is 0 Å². The summed E-state index contributed by atoms with van der Waals surface area (Å²) in [6.07, 6.45) is 3.15. The van der Waals surface area contributed by atoms with E-state index in [0.29, 0.717) is 21.9 Å². The number of benzene rings is 1. The Kier molecular flexibility index (Phi) is 3.06. The van der Waals surface area contributed by atoms with Gasteiger partial charge in [0.1, 0.15) is 11.6 Å². The zero-order chi connectivity index (χ0) is 11.5. The van der Waals surface area contributed by atoms with E-state index in [4.69, 9.17) is 16.3 Å². The van der Waals surface area contributed by atoms with Gasteiger partial charge >= 0.3 is 0 Å². The van der Waals surface area contributed by atoms with E-state index >= 15 is 0 Å². The Balaban J connectivity index is 2.49. The molecule has 0 atom stereocenters. The van der Waals surface area contributed by atoms with Gasteiger partial charge in [-0.1, -0.05) is 11.6 Å². The molecule has 0 radical (unpaired) electrons. The summed E-state index contributed by atoms with van der Waals surface area (Å²) >= 11 is 5.68. The summed E-state index contributed by atoms with van der Waals surface area (Å²) in [6, 6.07) is 6.25. The number of rotatable bonds is 2. The van der Waals surface area contributed by atoms with Crippen LogP contribution < -0.4 is 4.74 Å². The quantitative estimate of drug-likeness (QED) is 0.797. The molecule has 0 aliphatic heterocycles. The Hall–Kier alpha value is -1.61. The van der Waals surface area contributed by atoms with Crippen LogP contribution in [0.25, 0.3) is 11.1 Å². The largest absolute Gasteiger partial charge is 0.495 e. The number of nitrogens with zero attached hydrogens (tertiary/aromatic N) is 1. The van der Waals surface area contributed by atoms with Gasteiger partial charge in [0, 0.05) is 22.3 Å². The van der Waals surface area contributed by atoms with Crippen molar-refractivity contribution in [3.05, 3.63) is 47.5 Å². The lowest BCUT2D eigenvalue weighted by Gasteiger charge is -2.05. The number of methoxy groups -OCH3 is 1. The van der Waals surface area contributed by atoms with Crippen LogP contribution in [-0.2, 0) is 0 Å². The topological polar surface area (TPSA) is 22.1 Å². The minimum absolute atomic E-state index is 0.372. The summed E-state index contributed by atoms with van der Waals surface area (Å²) < 4.78 is 18.6. The number of ether oxygens (including phenoxy) is 1. The van der Waals surface area contributed by atoms with Crippen molar-refractivity contribution in [2.45, 2.75) is 0 Å². The van der Waals surface area contributed by atoms with Gasteiger partial charge in [0.25, 0.3) is 0 Å². The van der Waals surface area contributed by atoms with Gasteiger partial charge in [-0.05, 0) is 24.3 Å². The van der Waals surface area contributed by atoms with Gasteiger partial charge in [-0.3, -0.25) is 4.98 Å². The molecular formula is C12H9ClFNO. The minimum Gasteiger partial charge on any atom is -0.495 e. The van der Waals surface area contributed by atoms with Crippen molar-refractivity contribution in [2.75, 3.05) is 7.11 Å². The second kappa shape index (κ2) is 4.49. The molecule has 0 aliphatic rings. The highest BCUT2D eigenvalue weighted by molar-refractivity contribution is 6.30. The molecule has 0 unspecified atom stereocenters. The molecule has 0 fully saturated rings. The van der Waals surface area contributed by atoms with E-state index in [2.05, 4.69) is 4.98 Å². The first-order valence-corrected chi connectivity index (χ1v) is 5.03. The van der Waals surface area contributed by atoms with E-state index in [0.717, 1.165) is 0 Å². The molecule has 2 nitrogen and oxygen atoms in total. The lowest BCUT2D eigenvalue weighted by atomic mass is 10.1. The second-order valence-electron chi connectivity index (χ2n) is 3.24. The number of hydrogen-bond donors (Lipinski definition) is 0. The zero-order valence-corrected chi connectivity index (χ0v) is 9.33. The van der Waals surface area contributed by atoms with Crippen LogP contribution >= 0.6 is 11.6 Å². The molecule has 4 heteroatoms. The van der Waals surface area contributed by atoms with E-state index in [-0.39, 0.29) is 5.82 Å². The summed E-state index contributed by atoms with van der Waals surface area (Å²) in [5.74, 6) is 0.217. The van der Waals surface area contributed by atoms with Gasteiger partial charge < -0.3 is 4.74 Å². The van der Waals surface area contributed by atoms with E-state index in [9.17, 15) is 4.39 Å². The summed E-state index contributed by atoms with van der Waals surface area (Å²) in [7, 11) is 1.54. The maximum atomic E-state index is 13.6. The first-order chi connectivity index (χ1) is 7.70. The Morgan fingerprint density at radius 3 is 2.75 bits per heavy atom. The molecule has 0 amide bonds. The van der Waals surface area contributed by atoms with E-state index in [1.165, 1.54) is 6.07 Å². The van der Waals surface area contributed by atoms with Gasteiger partial charge in [0.15, 0.2) is 0 Å². The van der Waals surface area contributed by atoms with E-state index in [1.807, 2.05) is 0 Å². The Morgan fingerprint density at radius 1 is 1.25 bits per heavy atom. The molecule has 0 saturated heterocycles. The number of aromatic nitrogens is 1. The van der Waals surface area contributed by atoms with Crippen LogP contribution in [0.5, 0.6) is 5.75 Å². The van der Waals surface area contributed by atoms with E-state index in [1.54, 1.807) is 37.7 Å². The molecule has 82 valence electrons. The number of hydrogen-bond acceptors (Lipinski definition) is 2. The van der Waals surface area contributed by atoms with Crippen molar-refractivity contribution in [3.63, 3.8) is 0 Å². The van der Waals surface area contributed by atoms with Crippen molar-refractivity contribution >= 4 is 11.6 Å². The van der Waals surface area contributed by atoms with Crippen LogP contribution in [0.4, 0.5) is 4.39 Å². The Labute approximate surface area is 97.7 Å². The molecule has 16 heavy (non-hydrogen) atoms. The van der Waals surface area contributed by atoms with Crippen LogP contribution in [0.1, 0.15) is 0 Å². The average molecular weight is 238 g/mol. The second-order valence-corrected chi connectivity index (χ2v) is 3.67. The SMILES string of the molecule is COc1cncc(-c2ccc(Cl)cc2F)c1. The third kappa shape index (κ3) is 2.14. The first-order valence-electron chi connectivity index (χ1n) is 4.65. The molecule has 0 N–H and O–H groups in total. The smallest absolute Gasteiger partial charge is 0.137 e. The summed E-state index contributed by atoms with van der Waals surface area (Å²) in [5.41, 5.74) is 1.12. The van der Waals surface area contributed by atoms with Crippen LogP contribution in [0, 0.1) is 5.82 Å². The first kappa shape index (κ1) is 10.9. The standard InChI is InChI=1S/C12H9ClFNO/c1-16-10-4-8(6-15-7-10)11-3-2-9(13)5-12(11)14/h2-7H,1H3. The van der Waals surface area contributed by atoms with Crippen molar-refractivity contribution < 1.29 is 9.13 Å². The predicted octanol–water partition coefficient (Wildman–Crippen LogP) is 3.55. The molecule has 0 saturated carbocycles. The highest BCUT2D eigenvalue weighted by Crippen LogP contribution is 2.26. The van der Waals surface area contributed by atoms with Crippen molar-refractivity contribution in [1.82, 2.24) is 4.98 Å². The zero-order valence-electron chi connectivity index (χ0n) is 8.58. The van der Waals surface area contributed by atoms with Gasteiger partial charge in [0.05, 0.1) is 13.3 Å². The third-order valence-corrected chi connectivity index (χ3v) is 2.43. The maximum absolute atomic E-state index is 13.6. The highest BCUT2D eigenvalue weighted by Gasteiger charge is 2.06. The Morgan fingerprint density at radius 2 is 2.06 bits per heavy atom. The number of pyridine rings is 1. The maximum Gasteiger partial charge on any atom is 0.137 e. The molecule has 0 bridgehead atoms. The monoisotopic (exact) mass is 237 g/mol. The van der Waals surface area contributed by atoms with Gasteiger partial charge in [0.2, 0.25) is 0 Å². The predicted molar refractivity (Wildman–Crippen MR) is 61.2 cm³/mol. The lowest BCUT2D eigenvalue weighted by molar-refractivity contribution is 0.413. The fourth-order valence-electron chi connectivity index (χ4n) is 1.40. The molecule has 2 aromatic rings. The van der Waals surface area contributed by atoms with Crippen LogP contribution in [0.3, 0.4) is 0 Å². The number of halogens is 2. The van der Waals surface area contributed by atoms with Gasteiger partial charge in [-0.2, -0.15) is 0 Å². The fourth-order valence-corrected chi connectivity index (χ4v) is 1.56. The average Bonchev–Trinajstić information content (AvgIpc) is 2.29. The molecule has 1 heterocycles. The third-order valence-electron chi connectivity index (χ3n) is 2.19. The molecular weight excluding hydrogens is 229 g/mol. The van der Waals surface area contributed by atoms with Crippen molar-refractivity contribution in [2.24, 2.45) is 0 Å². The minimum atomic E-state index is -0.373. The van der Waals surface area contributed by atoms with Crippen LogP contribution in [0.2, 0.25) is 5.02 Å². The van der Waals surface area contributed by atoms with Crippen molar-refractivity contribution in [1.29, 1.82) is 0 Å². The highest BCUT2D eigenvalue weighted by atomic mass is 35.5. The van der Waals surface area contributed by atoms with E-state index < -0.39 is 0 Å². The summed E-state index contributed by atoms with van der Waals surface area (Å²) in [4.78, 5) is 3.97. The lowest BCUT2D eigenvalue weighted by Crippen LogP contribution is -1.88. The molecule has 1 aromatic carbocycles. The van der Waals surface area contributed by atoms with Crippen LogP contribution in [0.15, 0.2) is 36.7 Å². The Bertz CT molecular complexity index is 516. The van der Waals surface area contributed by atoms with Gasteiger partial charge in [-0.25, -0.2) is 4.39 Å². The summed E-state index contributed by atoms with van der Waals surface area (Å²) in [5, 5.41) is 0.372. The fraction of sp³-hybridized carbons (Fsp3) is 0.0833. The molecule has 0 aliphatic carbocycles. The normalized spacial score (nSPS) is 10.2. The molecule has 0 spiro atoms. The van der Waals surface area contributed by atoms with Crippen molar-refractivity contribution in [3.8, 4) is 16.9 Å². The molecule has 2 rings (SSSR count). The molecule has 1 aromatic heterocycles. The summed E-state index contributed by atoms with van der Waals surface area (Å²) in [6.45, 7) is 0.